The number of para-hydroxylation sites is 2. The van der Waals surface area contributed by atoms with Crippen LogP contribution in [0, 0.1) is 0 Å². The molecule has 0 saturated carbocycles. The molecular weight excluding hydrogens is 330 g/mol. The second-order valence-electron chi connectivity index (χ2n) is 4.79. The van der Waals surface area contributed by atoms with Crippen molar-refractivity contribution in [3.8, 4) is 0 Å². The number of fused-ring (bicyclic) bond motifs is 3. The Hall–Kier alpha value is -3.21. The number of benzene rings is 1. The highest BCUT2D eigenvalue weighted by Crippen LogP contribution is 2.24. The SMILES string of the molecule is CSc1n[nH]c(N=Nc2c(N)n3c(nc4ccccc43)[nH]c2=O)n1. The lowest BCUT2D eigenvalue weighted by Gasteiger charge is -2.02. The first-order valence-corrected chi connectivity index (χ1v) is 8.07. The third kappa shape index (κ3) is 2.22. The van der Waals surface area contributed by atoms with Crippen LogP contribution in [0.1, 0.15) is 0 Å². The predicted molar refractivity (Wildman–Crippen MR) is 90.1 cm³/mol. The predicted octanol–water partition coefficient (Wildman–Crippen LogP) is 2.01. The summed E-state index contributed by atoms with van der Waals surface area (Å²) < 4.78 is 1.62. The smallest absolute Gasteiger partial charge is 0.282 e. The van der Waals surface area contributed by atoms with E-state index < -0.39 is 5.56 Å². The highest BCUT2D eigenvalue weighted by molar-refractivity contribution is 7.98. The van der Waals surface area contributed by atoms with Crippen LogP contribution in [0.2, 0.25) is 0 Å². The minimum Gasteiger partial charge on any atom is -0.383 e. The van der Waals surface area contributed by atoms with Crippen molar-refractivity contribution in [2.75, 3.05) is 12.0 Å². The number of aromatic amines is 2. The molecule has 0 bridgehead atoms. The molecule has 0 atom stereocenters. The van der Waals surface area contributed by atoms with Gasteiger partial charge in [0.15, 0.2) is 5.69 Å². The van der Waals surface area contributed by atoms with E-state index in [4.69, 9.17) is 5.73 Å². The van der Waals surface area contributed by atoms with Gasteiger partial charge in [-0.3, -0.25) is 14.2 Å². The molecule has 4 aromatic rings. The third-order valence-electron chi connectivity index (χ3n) is 3.37. The average Bonchev–Trinajstić information content (AvgIpc) is 3.18. The number of hydrogen-bond acceptors (Lipinski definition) is 8. The second-order valence-corrected chi connectivity index (χ2v) is 5.57. The first-order valence-electron chi connectivity index (χ1n) is 6.84. The zero-order chi connectivity index (χ0) is 16.7. The Bertz CT molecular complexity index is 1140. The zero-order valence-corrected chi connectivity index (χ0v) is 13.2. The van der Waals surface area contributed by atoms with Crippen molar-refractivity contribution in [3.63, 3.8) is 0 Å². The number of hydrogen-bond donors (Lipinski definition) is 3. The lowest BCUT2D eigenvalue weighted by molar-refractivity contribution is 0.974. The van der Waals surface area contributed by atoms with Gasteiger partial charge in [0, 0.05) is 0 Å². The van der Waals surface area contributed by atoms with Crippen molar-refractivity contribution in [2.24, 2.45) is 10.2 Å². The van der Waals surface area contributed by atoms with Crippen molar-refractivity contribution in [2.45, 2.75) is 5.16 Å². The van der Waals surface area contributed by atoms with E-state index in [1.807, 2.05) is 30.5 Å². The van der Waals surface area contributed by atoms with Gasteiger partial charge in [0.05, 0.1) is 11.0 Å². The van der Waals surface area contributed by atoms with Gasteiger partial charge in [-0.05, 0) is 18.4 Å². The van der Waals surface area contributed by atoms with Gasteiger partial charge in [-0.15, -0.1) is 15.3 Å². The lowest BCUT2D eigenvalue weighted by atomic mass is 10.3. The number of nitrogens with zero attached hydrogens (tertiary/aromatic N) is 6. The normalized spacial score (nSPS) is 11.9. The lowest BCUT2D eigenvalue weighted by Crippen LogP contribution is -2.12. The van der Waals surface area contributed by atoms with Crippen molar-refractivity contribution in [1.29, 1.82) is 0 Å². The summed E-state index contributed by atoms with van der Waals surface area (Å²) >= 11 is 1.36. The van der Waals surface area contributed by atoms with E-state index in [0.29, 0.717) is 16.5 Å². The van der Waals surface area contributed by atoms with Crippen LogP contribution in [0.15, 0.2) is 44.4 Å². The van der Waals surface area contributed by atoms with Crippen molar-refractivity contribution in [1.82, 2.24) is 29.5 Å². The number of aromatic nitrogens is 6. The zero-order valence-electron chi connectivity index (χ0n) is 12.4. The molecule has 0 radical (unpaired) electrons. The highest BCUT2D eigenvalue weighted by atomic mass is 32.2. The number of H-pyrrole nitrogens is 2. The van der Waals surface area contributed by atoms with E-state index in [1.165, 1.54) is 11.8 Å². The summed E-state index contributed by atoms with van der Waals surface area (Å²) in [4.78, 5) is 23.3. The summed E-state index contributed by atoms with van der Waals surface area (Å²) in [6, 6.07) is 7.41. The molecule has 0 fully saturated rings. The number of thioether (sulfide) groups is 1. The molecule has 4 N–H and O–H groups in total. The minimum absolute atomic E-state index is 0.0206. The van der Waals surface area contributed by atoms with E-state index >= 15 is 0 Å². The number of nitrogens with one attached hydrogen (secondary N) is 2. The Kier molecular flexibility index (Phi) is 3.27. The number of azo groups is 1. The van der Waals surface area contributed by atoms with Crippen LogP contribution in [0.25, 0.3) is 16.8 Å². The number of nitrogen functional groups attached to an aromatic ring is 1. The van der Waals surface area contributed by atoms with E-state index in [1.54, 1.807) is 4.40 Å². The summed E-state index contributed by atoms with van der Waals surface area (Å²) in [5, 5.41) is 14.9. The maximum absolute atomic E-state index is 12.2. The molecule has 0 aliphatic carbocycles. The van der Waals surface area contributed by atoms with E-state index in [0.717, 1.165) is 5.52 Å². The Morgan fingerprint density at radius 3 is 2.88 bits per heavy atom. The van der Waals surface area contributed by atoms with Gasteiger partial charge in [0.25, 0.3) is 11.5 Å². The second kappa shape index (κ2) is 5.45. The van der Waals surface area contributed by atoms with Crippen LogP contribution >= 0.6 is 11.8 Å². The quantitative estimate of drug-likeness (QED) is 0.384. The summed E-state index contributed by atoms with van der Waals surface area (Å²) in [6.45, 7) is 0. The summed E-state index contributed by atoms with van der Waals surface area (Å²) in [6.07, 6.45) is 1.84. The van der Waals surface area contributed by atoms with Gasteiger partial charge in [-0.25, -0.2) is 10.1 Å². The first-order chi connectivity index (χ1) is 11.7. The van der Waals surface area contributed by atoms with Crippen molar-refractivity contribution >= 4 is 46.0 Å². The Morgan fingerprint density at radius 1 is 1.25 bits per heavy atom. The molecule has 4 rings (SSSR count). The van der Waals surface area contributed by atoms with Crippen LogP contribution < -0.4 is 11.3 Å². The van der Waals surface area contributed by atoms with Crippen LogP contribution in [-0.4, -0.2) is 35.8 Å². The molecule has 0 aliphatic rings. The topological polar surface area (TPSA) is 142 Å². The summed E-state index contributed by atoms with van der Waals surface area (Å²) in [7, 11) is 0. The van der Waals surface area contributed by atoms with Crippen LogP contribution in [0.3, 0.4) is 0 Å². The maximum atomic E-state index is 12.2. The molecule has 3 heterocycles. The summed E-state index contributed by atoms with van der Waals surface area (Å²) in [5.74, 6) is 0.687. The molecule has 3 aromatic heterocycles. The van der Waals surface area contributed by atoms with Crippen LogP contribution in [0.5, 0.6) is 0 Å². The molecule has 0 aliphatic heterocycles. The fourth-order valence-electron chi connectivity index (χ4n) is 2.31. The van der Waals surface area contributed by atoms with E-state index in [9.17, 15) is 4.79 Å². The number of rotatable bonds is 3. The van der Waals surface area contributed by atoms with Crippen molar-refractivity contribution < 1.29 is 0 Å². The number of anilines is 1. The Morgan fingerprint density at radius 2 is 2.08 bits per heavy atom. The molecule has 0 amide bonds. The molecule has 0 unspecified atom stereocenters. The van der Waals surface area contributed by atoms with Crippen LogP contribution in [0.4, 0.5) is 17.5 Å². The van der Waals surface area contributed by atoms with E-state index in [-0.39, 0.29) is 17.5 Å². The molecule has 11 heteroatoms. The standard InChI is InChI=1S/C13H11N9OS/c1-24-13-17-11(20-21-13)19-18-8-9(14)22-7-5-3-2-4-6(7)15-12(22)16-10(8)23/h2-5H,14H2,1H3,(H,15,16,23)(H,17,20,21). The molecule has 1 aromatic carbocycles. The number of nitrogens with two attached hydrogens (primary N) is 1. The number of imidazole rings is 1. The monoisotopic (exact) mass is 341 g/mol. The molecule has 0 spiro atoms. The van der Waals surface area contributed by atoms with Gasteiger partial charge in [0.1, 0.15) is 5.82 Å². The van der Waals surface area contributed by atoms with Gasteiger partial charge in [-0.2, -0.15) is 4.98 Å². The van der Waals surface area contributed by atoms with Gasteiger partial charge in [-0.1, -0.05) is 23.9 Å². The molecule has 0 saturated heterocycles. The molecule has 10 nitrogen and oxygen atoms in total. The fourth-order valence-corrected chi connectivity index (χ4v) is 2.62. The highest BCUT2D eigenvalue weighted by Gasteiger charge is 2.14. The summed E-state index contributed by atoms with van der Waals surface area (Å²) in [5.41, 5.74) is 7.10. The first kappa shape index (κ1) is 14.4. The van der Waals surface area contributed by atoms with E-state index in [2.05, 4.69) is 35.4 Å². The third-order valence-corrected chi connectivity index (χ3v) is 3.91. The van der Waals surface area contributed by atoms with Gasteiger partial charge >= 0.3 is 0 Å². The van der Waals surface area contributed by atoms with Crippen LogP contribution in [-0.2, 0) is 0 Å². The Labute approximate surface area is 138 Å². The van der Waals surface area contributed by atoms with Crippen molar-refractivity contribution in [3.05, 3.63) is 34.6 Å². The minimum atomic E-state index is -0.483. The maximum Gasteiger partial charge on any atom is 0.282 e. The fraction of sp³-hybridized carbons (Fsp3) is 0.0769. The average molecular weight is 341 g/mol. The molecule has 24 heavy (non-hydrogen) atoms. The van der Waals surface area contributed by atoms with Gasteiger partial charge < -0.3 is 5.73 Å². The molecular formula is C13H11N9OS. The largest absolute Gasteiger partial charge is 0.383 e. The Balaban J connectivity index is 1.88. The molecule has 120 valence electrons. The van der Waals surface area contributed by atoms with Gasteiger partial charge in [0.2, 0.25) is 10.9 Å².